The molecule has 1 aromatic carbocycles. The molecule has 0 aromatic heterocycles. The standard InChI is InChI=1S/C16H18N2O5/c1-3-22-14(19)9-12-16(21)18(10-15(20)23-4-2)13-8-6-5-7-11(13)17-12/h5-9,17H,3-4,10H2,1-2H3/b12-9+. The van der Waals surface area contributed by atoms with Gasteiger partial charge in [0.2, 0.25) is 0 Å². The number of hydrogen-bond donors (Lipinski definition) is 1. The molecule has 0 bridgehead atoms. The van der Waals surface area contributed by atoms with Crippen LogP contribution in [0.2, 0.25) is 0 Å². The highest BCUT2D eigenvalue weighted by molar-refractivity contribution is 6.16. The highest BCUT2D eigenvalue weighted by Gasteiger charge is 2.30. The van der Waals surface area contributed by atoms with Crippen LogP contribution < -0.4 is 10.2 Å². The molecule has 0 atom stereocenters. The Hall–Kier alpha value is -2.83. The second-order valence-electron chi connectivity index (χ2n) is 4.65. The van der Waals surface area contributed by atoms with Crippen molar-refractivity contribution < 1.29 is 23.9 Å². The average Bonchev–Trinajstić information content (AvgIpc) is 2.52. The van der Waals surface area contributed by atoms with Crippen LogP contribution in [0.3, 0.4) is 0 Å². The van der Waals surface area contributed by atoms with E-state index in [0.717, 1.165) is 6.08 Å². The van der Waals surface area contributed by atoms with Crippen LogP contribution in [0, 0.1) is 0 Å². The third-order valence-corrected chi connectivity index (χ3v) is 3.08. The van der Waals surface area contributed by atoms with E-state index in [1.54, 1.807) is 38.1 Å². The number of rotatable bonds is 5. The first-order chi connectivity index (χ1) is 11.1. The van der Waals surface area contributed by atoms with Gasteiger partial charge in [-0.3, -0.25) is 14.5 Å². The van der Waals surface area contributed by atoms with Crippen LogP contribution in [0.1, 0.15) is 13.8 Å². The molecular weight excluding hydrogens is 300 g/mol. The molecule has 0 unspecified atom stereocenters. The van der Waals surface area contributed by atoms with Crippen molar-refractivity contribution >= 4 is 29.2 Å². The van der Waals surface area contributed by atoms with Crippen molar-refractivity contribution in [3.05, 3.63) is 36.0 Å². The van der Waals surface area contributed by atoms with Crippen LogP contribution in [0.25, 0.3) is 0 Å². The minimum Gasteiger partial charge on any atom is -0.465 e. The van der Waals surface area contributed by atoms with E-state index in [1.165, 1.54) is 4.90 Å². The van der Waals surface area contributed by atoms with Gasteiger partial charge in [-0.15, -0.1) is 0 Å². The minimum atomic E-state index is -0.626. The normalized spacial score (nSPS) is 15.0. The Balaban J connectivity index is 2.33. The number of fused-ring (bicyclic) bond motifs is 1. The van der Waals surface area contributed by atoms with E-state index in [9.17, 15) is 14.4 Å². The number of esters is 2. The number of carbonyl (C=O) groups excluding carboxylic acids is 3. The summed E-state index contributed by atoms with van der Waals surface area (Å²) in [5.74, 6) is -1.64. The predicted molar refractivity (Wildman–Crippen MR) is 83.8 cm³/mol. The summed E-state index contributed by atoms with van der Waals surface area (Å²) in [5.41, 5.74) is 1.21. The lowest BCUT2D eigenvalue weighted by Crippen LogP contribution is -2.42. The van der Waals surface area contributed by atoms with Crippen LogP contribution in [-0.2, 0) is 23.9 Å². The highest BCUT2D eigenvalue weighted by atomic mass is 16.5. The van der Waals surface area contributed by atoms with Crippen LogP contribution in [-0.4, -0.2) is 37.6 Å². The summed E-state index contributed by atoms with van der Waals surface area (Å²) in [6.07, 6.45) is 1.08. The summed E-state index contributed by atoms with van der Waals surface area (Å²) in [5, 5.41) is 2.89. The van der Waals surface area contributed by atoms with Gasteiger partial charge in [0.25, 0.3) is 5.91 Å². The number of nitrogens with zero attached hydrogens (tertiary/aromatic N) is 1. The number of benzene rings is 1. The van der Waals surface area contributed by atoms with Crippen molar-refractivity contribution in [3.8, 4) is 0 Å². The summed E-state index contributed by atoms with van der Waals surface area (Å²) in [4.78, 5) is 37.2. The Bertz CT molecular complexity index is 654. The molecule has 1 aliphatic heterocycles. The van der Waals surface area contributed by atoms with Gasteiger partial charge in [-0.05, 0) is 26.0 Å². The summed E-state index contributed by atoms with van der Waals surface area (Å²) in [6.45, 7) is 3.57. The first-order valence-electron chi connectivity index (χ1n) is 7.28. The molecule has 1 heterocycles. The second-order valence-corrected chi connectivity index (χ2v) is 4.65. The molecule has 0 saturated carbocycles. The lowest BCUT2D eigenvalue weighted by molar-refractivity contribution is -0.142. The lowest BCUT2D eigenvalue weighted by atomic mass is 10.1. The van der Waals surface area contributed by atoms with E-state index in [1.807, 2.05) is 0 Å². The van der Waals surface area contributed by atoms with Gasteiger partial charge in [0.15, 0.2) is 0 Å². The smallest absolute Gasteiger partial charge is 0.333 e. The first kappa shape index (κ1) is 16.5. The van der Waals surface area contributed by atoms with Crippen molar-refractivity contribution in [1.82, 2.24) is 0 Å². The van der Waals surface area contributed by atoms with Crippen LogP contribution >= 0.6 is 0 Å². The maximum atomic E-state index is 12.5. The molecule has 2 rings (SSSR count). The average molecular weight is 318 g/mol. The second kappa shape index (κ2) is 7.44. The highest BCUT2D eigenvalue weighted by Crippen LogP contribution is 2.32. The molecule has 0 radical (unpaired) electrons. The largest absolute Gasteiger partial charge is 0.465 e. The monoisotopic (exact) mass is 318 g/mol. The molecule has 0 spiro atoms. The third-order valence-electron chi connectivity index (χ3n) is 3.08. The van der Waals surface area contributed by atoms with E-state index in [2.05, 4.69) is 5.32 Å². The Kier molecular flexibility index (Phi) is 5.35. The van der Waals surface area contributed by atoms with E-state index >= 15 is 0 Å². The molecule has 23 heavy (non-hydrogen) atoms. The molecule has 0 saturated heterocycles. The predicted octanol–water partition coefficient (Wildman–Crippen LogP) is 1.46. The van der Waals surface area contributed by atoms with Crippen LogP contribution in [0.5, 0.6) is 0 Å². The topological polar surface area (TPSA) is 84.9 Å². The fraction of sp³-hybridized carbons (Fsp3) is 0.312. The molecule has 7 heteroatoms. The lowest BCUT2D eigenvalue weighted by Gasteiger charge is -2.30. The maximum Gasteiger partial charge on any atom is 0.333 e. The molecule has 7 nitrogen and oxygen atoms in total. The number of nitrogens with one attached hydrogen (secondary N) is 1. The zero-order valence-corrected chi connectivity index (χ0v) is 13.0. The van der Waals surface area contributed by atoms with E-state index in [-0.39, 0.29) is 25.5 Å². The van der Waals surface area contributed by atoms with Crippen LogP contribution in [0.15, 0.2) is 36.0 Å². The first-order valence-corrected chi connectivity index (χ1v) is 7.28. The summed E-state index contributed by atoms with van der Waals surface area (Å²) >= 11 is 0. The van der Waals surface area contributed by atoms with E-state index in [0.29, 0.717) is 11.4 Å². The van der Waals surface area contributed by atoms with Gasteiger partial charge in [0.1, 0.15) is 12.2 Å². The molecular formula is C16H18N2O5. The van der Waals surface area contributed by atoms with Gasteiger partial charge in [0, 0.05) is 0 Å². The van der Waals surface area contributed by atoms with Crippen molar-refractivity contribution in [2.75, 3.05) is 30.0 Å². The van der Waals surface area contributed by atoms with Gasteiger partial charge in [-0.25, -0.2) is 4.79 Å². The number of carbonyl (C=O) groups is 3. The third kappa shape index (κ3) is 3.88. The van der Waals surface area contributed by atoms with Crippen LogP contribution in [0.4, 0.5) is 11.4 Å². The number of anilines is 2. The van der Waals surface area contributed by atoms with E-state index in [4.69, 9.17) is 9.47 Å². The quantitative estimate of drug-likeness (QED) is 0.653. The van der Waals surface area contributed by atoms with Gasteiger partial charge >= 0.3 is 11.9 Å². The summed E-state index contributed by atoms with van der Waals surface area (Å²) in [7, 11) is 0. The SMILES string of the molecule is CCOC(=O)/C=C1/Nc2ccccc2N(CC(=O)OCC)C1=O. The van der Waals surface area contributed by atoms with E-state index < -0.39 is 17.8 Å². The van der Waals surface area contributed by atoms with Gasteiger partial charge in [-0.1, -0.05) is 12.1 Å². The zero-order chi connectivity index (χ0) is 16.8. The fourth-order valence-electron chi connectivity index (χ4n) is 2.16. The van der Waals surface area contributed by atoms with Gasteiger partial charge in [-0.2, -0.15) is 0 Å². The Labute approximate surface area is 133 Å². The Morgan fingerprint density at radius 2 is 1.87 bits per heavy atom. The molecule has 122 valence electrons. The van der Waals surface area contributed by atoms with Crippen molar-refractivity contribution in [2.24, 2.45) is 0 Å². The zero-order valence-electron chi connectivity index (χ0n) is 13.0. The fourth-order valence-corrected chi connectivity index (χ4v) is 2.16. The Morgan fingerprint density at radius 1 is 1.17 bits per heavy atom. The number of para-hydroxylation sites is 2. The maximum absolute atomic E-state index is 12.5. The van der Waals surface area contributed by atoms with Crippen molar-refractivity contribution in [3.63, 3.8) is 0 Å². The summed E-state index contributed by atoms with van der Waals surface area (Å²) < 4.78 is 9.72. The van der Waals surface area contributed by atoms with Crippen molar-refractivity contribution in [1.29, 1.82) is 0 Å². The molecule has 1 N–H and O–H groups in total. The van der Waals surface area contributed by atoms with Crippen molar-refractivity contribution in [2.45, 2.75) is 13.8 Å². The molecule has 0 aliphatic carbocycles. The number of hydrogen-bond acceptors (Lipinski definition) is 6. The number of ether oxygens (including phenoxy) is 2. The molecule has 1 aromatic rings. The molecule has 1 aliphatic rings. The van der Waals surface area contributed by atoms with Gasteiger partial charge < -0.3 is 14.8 Å². The number of amides is 1. The Morgan fingerprint density at radius 3 is 2.57 bits per heavy atom. The molecule has 1 amide bonds. The summed E-state index contributed by atoms with van der Waals surface area (Å²) in [6, 6.07) is 7.00. The minimum absolute atomic E-state index is 0.0476. The molecule has 0 fully saturated rings. The van der Waals surface area contributed by atoms with Gasteiger partial charge in [0.05, 0.1) is 30.7 Å².